The molecule has 2 aromatic heterocycles. The van der Waals surface area contributed by atoms with Crippen LogP contribution in [0.15, 0.2) is 29.2 Å². The van der Waals surface area contributed by atoms with E-state index in [4.69, 9.17) is 11.6 Å². The lowest BCUT2D eigenvalue weighted by Crippen LogP contribution is -2.28. The Balaban J connectivity index is 1.94. The van der Waals surface area contributed by atoms with Crippen LogP contribution in [0.2, 0.25) is 5.02 Å². The second kappa shape index (κ2) is 7.64. The van der Waals surface area contributed by atoms with E-state index in [1.807, 2.05) is 51.3 Å². The van der Waals surface area contributed by atoms with Crippen LogP contribution in [0, 0.1) is 34.6 Å². The van der Waals surface area contributed by atoms with E-state index in [1.165, 1.54) is 0 Å². The molecule has 1 aromatic carbocycles. The third-order valence-corrected chi connectivity index (χ3v) is 5.08. The molecule has 1 amide bonds. The minimum atomic E-state index is -0.281. The lowest BCUT2D eigenvalue weighted by Gasteiger charge is -2.16. The first-order chi connectivity index (χ1) is 13.2. The van der Waals surface area contributed by atoms with Crippen LogP contribution < -0.4 is 10.9 Å². The summed E-state index contributed by atoms with van der Waals surface area (Å²) in [5, 5.41) is 3.30. The largest absolute Gasteiger partial charge is 0.348 e. The second-order valence-corrected chi connectivity index (χ2v) is 7.44. The normalized spacial score (nSPS) is 10.9. The van der Waals surface area contributed by atoms with Crippen molar-refractivity contribution in [3.05, 3.63) is 79.2 Å². The fraction of sp³-hybridized carbons (Fsp3) is 0.286. The van der Waals surface area contributed by atoms with Crippen LogP contribution >= 0.6 is 11.6 Å². The standard InChI is InChI=1S/C21H23ClN4O2/c1-11-6-12(2)25-21(28)18(11)10-24-20(27)17-7-16(22)8-19(14(17)4)26-13(3)9-23-15(26)5/h6-9H,10H2,1-5H3,(H,24,27)(H,25,28). The van der Waals surface area contributed by atoms with Crippen LogP contribution in [0.5, 0.6) is 0 Å². The number of amides is 1. The van der Waals surface area contributed by atoms with E-state index in [0.717, 1.165) is 34.0 Å². The monoisotopic (exact) mass is 398 g/mol. The van der Waals surface area contributed by atoms with Gasteiger partial charge in [-0.1, -0.05) is 11.6 Å². The van der Waals surface area contributed by atoms with Crippen molar-refractivity contribution in [2.75, 3.05) is 0 Å². The van der Waals surface area contributed by atoms with E-state index in [1.54, 1.807) is 12.3 Å². The van der Waals surface area contributed by atoms with Gasteiger partial charge < -0.3 is 14.9 Å². The fourth-order valence-electron chi connectivity index (χ4n) is 3.42. The molecular formula is C21H23ClN4O2. The summed E-state index contributed by atoms with van der Waals surface area (Å²) in [4.78, 5) is 32.1. The molecule has 0 saturated carbocycles. The number of aryl methyl sites for hydroxylation is 4. The molecule has 0 radical (unpaired) electrons. The van der Waals surface area contributed by atoms with Crippen LogP contribution in [0.25, 0.3) is 5.69 Å². The van der Waals surface area contributed by atoms with E-state index in [-0.39, 0.29) is 18.0 Å². The molecule has 0 aliphatic heterocycles. The van der Waals surface area contributed by atoms with Crippen molar-refractivity contribution in [1.29, 1.82) is 0 Å². The summed E-state index contributed by atoms with van der Waals surface area (Å²) >= 11 is 6.30. The third kappa shape index (κ3) is 3.73. The van der Waals surface area contributed by atoms with Crippen molar-refractivity contribution in [2.24, 2.45) is 0 Å². The quantitative estimate of drug-likeness (QED) is 0.703. The highest BCUT2D eigenvalue weighted by atomic mass is 35.5. The number of hydrogen-bond donors (Lipinski definition) is 2. The van der Waals surface area contributed by atoms with Crippen LogP contribution in [0.1, 0.15) is 44.3 Å². The topological polar surface area (TPSA) is 79.8 Å². The number of rotatable bonds is 4. The van der Waals surface area contributed by atoms with E-state index < -0.39 is 0 Å². The molecule has 2 N–H and O–H groups in total. The summed E-state index contributed by atoms with van der Waals surface area (Å²) in [6.45, 7) is 9.56. The van der Waals surface area contributed by atoms with Crippen molar-refractivity contribution in [3.8, 4) is 5.69 Å². The number of carbonyl (C=O) groups excluding carboxylic acids is 1. The number of hydrogen-bond acceptors (Lipinski definition) is 3. The molecule has 0 atom stereocenters. The summed E-state index contributed by atoms with van der Waals surface area (Å²) in [6, 6.07) is 5.35. The van der Waals surface area contributed by atoms with Crippen molar-refractivity contribution in [3.63, 3.8) is 0 Å². The molecule has 6 nitrogen and oxygen atoms in total. The number of halogens is 1. The molecule has 0 aliphatic rings. The van der Waals surface area contributed by atoms with Gasteiger partial charge in [0.25, 0.3) is 11.5 Å². The lowest BCUT2D eigenvalue weighted by atomic mass is 10.0. The molecule has 0 saturated heterocycles. The number of benzene rings is 1. The third-order valence-electron chi connectivity index (χ3n) is 4.86. The number of nitrogens with zero attached hydrogens (tertiary/aromatic N) is 2. The van der Waals surface area contributed by atoms with E-state index in [9.17, 15) is 9.59 Å². The number of imidazole rings is 1. The van der Waals surface area contributed by atoms with Crippen LogP contribution in [0.4, 0.5) is 0 Å². The maximum absolute atomic E-state index is 12.9. The molecular weight excluding hydrogens is 376 g/mol. The maximum Gasteiger partial charge on any atom is 0.253 e. The Morgan fingerprint density at radius 2 is 1.89 bits per heavy atom. The predicted octanol–water partition coefficient (Wildman–Crippen LogP) is 3.69. The highest BCUT2D eigenvalue weighted by Crippen LogP contribution is 2.26. The van der Waals surface area contributed by atoms with Crippen molar-refractivity contribution < 1.29 is 4.79 Å². The first-order valence-electron chi connectivity index (χ1n) is 8.98. The summed E-state index contributed by atoms with van der Waals surface area (Å²) in [7, 11) is 0. The maximum atomic E-state index is 12.9. The SMILES string of the molecule is Cc1cc(C)c(CNC(=O)c2cc(Cl)cc(-n3c(C)cnc3C)c2C)c(=O)[nH]1. The minimum absolute atomic E-state index is 0.144. The molecule has 0 unspecified atom stereocenters. The Morgan fingerprint density at radius 3 is 2.50 bits per heavy atom. The van der Waals surface area contributed by atoms with Crippen molar-refractivity contribution >= 4 is 17.5 Å². The molecule has 0 spiro atoms. The Hall–Kier alpha value is -2.86. The lowest BCUT2D eigenvalue weighted by molar-refractivity contribution is 0.0950. The van der Waals surface area contributed by atoms with Gasteiger partial charge in [0.15, 0.2) is 0 Å². The Bertz CT molecular complexity index is 1110. The smallest absolute Gasteiger partial charge is 0.253 e. The number of nitrogens with one attached hydrogen (secondary N) is 2. The molecule has 0 aliphatic carbocycles. The zero-order valence-electron chi connectivity index (χ0n) is 16.6. The van der Waals surface area contributed by atoms with Crippen molar-refractivity contribution in [1.82, 2.24) is 19.9 Å². The Labute approximate surface area is 168 Å². The van der Waals surface area contributed by atoms with Gasteiger partial charge in [-0.25, -0.2) is 4.98 Å². The van der Waals surface area contributed by atoms with E-state index >= 15 is 0 Å². The predicted molar refractivity (Wildman–Crippen MR) is 110 cm³/mol. The average molecular weight is 399 g/mol. The number of pyridine rings is 1. The molecule has 0 fully saturated rings. The number of carbonyl (C=O) groups is 1. The first kappa shape index (κ1) is 19.9. The van der Waals surface area contributed by atoms with Gasteiger partial charge in [0.05, 0.1) is 5.69 Å². The molecule has 2 heterocycles. The number of H-pyrrole nitrogens is 1. The molecule has 3 aromatic rings. The summed E-state index contributed by atoms with van der Waals surface area (Å²) in [6.07, 6.45) is 1.78. The van der Waals surface area contributed by atoms with Gasteiger partial charge in [-0.05, 0) is 63.9 Å². The molecule has 7 heteroatoms. The van der Waals surface area contributed by atoms with E-state index in [2.05, 4.69) is 15.3 Å². The fourth-order valence-corrected chi connectivity index (χ4v) is 3.63. The zero-order chi connectivity index (χ0) is 20.6. The van der Waals surface area contributed by atoms with Gasteiger partial charge in [0.2, 0.25) is 0 Å². The Kier molecular flexibility index (Phi) is 5.42. The molecule has 3 rings (SSSR count). The summed E-state index contributed by atoms with van der Waals surface area (Å²) < 4.78 is 1.97. The summed E-state index contributed by atoms with van der Waals surface area (Å²) in [5.74, 6) is 0.534. The van der Waals surface area contributed by atoms with Gasteiger partial charge in [0.1, 0.15) is 5.82 Å². The average Bonchev–Trinajstić information content (AvgIpc) is 2.94. The number of aromatic amines is 1. The number of aromatic nitrogens is 3. The molecule has 146 valence electrons. The zero-order valence-corrected chi connectivity index (χ0v) is 17.4. The first-order valence-corrected chi connectivity index (χ1v) is 9.36. The van der Waals surface area contributed by atoms with Gasteiger partial charge in [-0.3, -0.25) is 9.59 Å². The second-order valence-electron chi connectivity index (χ2n) is 7.01. The van der Waals surface area contributed by atoms with Gasteiger partial charge in [0, 0.05) is 40.3 Å². The molecule has 28 heavy (non-hydrogen) atoms. The van der Waals surface area contributed by atoms with E-state index in [0.29, 0.717) is 16.1 Å². The summed E-state index contributed by atoms with van der Waals surface area (Å²) in [5.41, 5.74) is 5.02. The van der Waals surface area contributed by atoms with Gasteiger partial charge >= 0.3 is 0 Å². The minimum Gasteiger partial charge on any atom is -0.348 e. The van der Waals surface area contributed by atoms with Crippen molar-refractivity contribution in [2.45, 2.75) is 41.2 Å². The highest BCUT2D eigenvalue weighted by Gasteiger charge is 2.17. The van der Waals surface area contributed by atoms with Crippen LogP contribution in [0.3, 0.4) is 0 Å². The molecule has 0 bridgehead atoms. The van der Waals surface area contributed by atoms with Gasteiger partial charge in [-0.2, -0.15) is 0 Å². The van der Waals surface area contributed by atoms with Gasteiger partial charge in [-0.15, -0.1) is 0 Å². The van der Waals surface area contributed by atoms with Crippen LogP contribution in [-0.4, -0.2) is 20.4 Å². The van der Waals surface area contributed by atoms with Crippen LogP contribution in [-0.2, 0) is 6.54 Å². The highest BCUT2D eigenvalue weighted by molar-refractivity contribution is 6.31. The Morgan fingerprint density at radius 1 is 1.18 bits per heavy atom.